The van der Waals surface area contributed by atoms with Crippen molar-refractivity contribution in [2.24, 2.45) is 0 Å². The monoisotopic (exact) mass is 312 g/mol. The van der Waals surface area contributed by atoms with Crippen molar-refractivity contribution in [2.45, 2.75) is 13.5 Å². The van der Waals surface area contributed by atoms with Crippen LogP contribution in [0.25, 0.3) is 0 Å². The number of hydrogen-bond acceptors (Lipinski definition) is 4. The van der Waals surface area contributed by atoms with Gasteiger partial charge in [-0.3, -0.25) is 4.79 Å². The Morgan fingerprint density at radius 2 is 1.91 bits per heavy atom. The third-order valence-electron chi connectivity index (χ3n) is 3.83. The maximum atomic E-state index is 12.3. The fourth-order valence-corrected chi connectivity index (χ4v) is 2.63. The number of fused-ring (bicyclic) bond motifs is 1. The van der Waals surface area contributed by atoms with Crippen molar-refractivity contribution in [3.8, 4) is 11.5 Å². The first-order chi connectivity index (χ1) is 11.0. The Kier molecular flexibility index (Phi) is 4.10. The van der Waals surface area contributed by atoms with Gasteiger partial charge in [0.05, 0.1) is 0 Å². The van der Waals surface area contributed by atoms with Gasteiger partial charge in [0.1, 0.15) is 0 Å². The van der Waals surface area contributed by atoms with Gasteiger partial charge < -0.3 is 19.7 Å². The van der Waals surface area contributed by atoms with Gasteiger partial charge in [-0.1, -0.05) is 6.07 Å². The summed E-state index contributed by atoms with van der Waals surface area (Å²) in [4.78, 5) is 14.3. The quantitative estimate of drug-likeness (QED) is 0.943. The lowest BCUT2D eigenvalue weighted by atomic mass is 10.1. The number of benzene rings is 2. The van der Waals surface area contributed by atoms with Crippen LogP contribution in [0.2, 0.25) is 0 Å². The van der Waals surface area contributed by atoms with Crippen molar-refractivity contribution in [1.82, 2.24) is 5.32 Å². The molecule has 0 spiro atoms. The van der Waals surface area contributed by atoms with Crippen LogP contribution in [0.4, 0.5) is 5.69 Å². The summed E-state index contributed by atoms with van der Waals surface area (Å²) in [6, 6.07) is 11.4. The number of hydrogen-bond donors (Lipinski definition) is 1. The number of carbonyl (C=O) groups excluding carboxylic acids is 1. The average molecular weight is 312 g/mol. The van der Waals surface area contributed by atoms with Crippen molar-refractivity contribution in [3.63, 3.8) is 0 Å². The van der Waals surface area contributed by atoms with E-state index in [0.717, 1.165) is 28.3 Å². The molecule has 2 aromatic carbocycles. The van der Waals surface area contributed by atoms with Gasteiger partial charge in [-0.05, 0) is 48.4 Å². The van der Waals surface area contributed by atoms with E-state index in [9.17, 15) is 4.79 Å². The maximum absolute atomic E-state index is 12.3. The van der Waals surface area contributed by atoms with Gasteiger partial charge in [0, 0.05) is 31.9 Å². The smallest absolute Gasteiger partial charge is 0.251 e. The molecule has 1 aliphatic rings. The lowest BCUT2D eigenvalue weighted by molar-refractivity contribution is 0.0950. The Morgan fingerprint density at radius 1 is 1.13 bits per heavy atom. The number of ether oxygens (including phenoxy) is 2. The Bertz CT molecular complexity index is 741. The predicted octanol–water partition coefficient (Wildman–Crippen LogP) is 2.72. The third-order valence-corrected chi connectivity index (χ3v) is 3.83. The molecule has 5 nitrogen and oxygen atoms in total. The minimum absolute atomic E-state index is 0.0870. The molecule has 23 heavy (non-hydrogen) atoms. The first-order valence-corrected chi connectivity index (χ1v) is 7.49. The second-order valence-electron chi connectivity index (χ2n) is 5.77. The summed E-state index contributed by atoms with van der Waals surface area (Å²) < 4.78 is 10.6. The van der Waals surface area contributed by atoms with E-state index in [-0.39, 0.29) is 12.7 Å². The average Bonchev–Trinajstić information content (AvgIpc) is 2.99. The molecule has 2 aromatic rings. The summed E-state index contributed by atoms with van der Waals surface area (Å²) in [6.45, 7) is 2.70. The van der Waals surface area contributed by atoms with E-state index in [4.69, 9.17) is 9.47 Å². The summed E-state index contributed by atoms with van der Waals surface area (Å²) in [6.07, 6.45) is 0. The second-order valence-corrected chi connectivity index (χ2v) is 5.77. The largest absolute Gasteiger partial charge is 0.454 e. The van der Waals surface area contributed by atoms with Gasteiger partial charge in [-0.25, -0.2) is 0 Å². The van der Waals surface area contributed by atoms with Crippen molar-refractivity contribution in [3.05, 3.63) is 53.1 Å². The number of carbonyl (C=O) groups is 1. The normalized spacial score (nSPS) is 12.1. The lowest BCUT2D eigenvalue weighted by Crippen LogP contribution is -2.23. The highest BCUT2D eigenvalue weighted by Crippen LogP contribution is 2.32. The van der Waals surface area contributed by atoms with Crippen molar-refractivity contribution < 1.29 is 14.3 Å². The van der Waals surface area contributed by atoms with E-state index >= 15 is 0 Å². The van der Waals surface area contributed by atoms with Gasteiger partial charge in [0.25, 0.3) is 5.91 Å². The summed E-state index contributed by atoms with van der Waals surface area (Å²) >= 11 is 0. The zero-order chi connectivity index (χ0) is 16.4. The molecule has 0 radical (unpaired) electrons. The van der Waals surface area contributed by atoms with Crippen LogP contribution in [0.3, 0.4) is 0 Å². The number of rotatable bonds is 4. The highest BCUT2D eigenvalue weighted by Gasteiger charge is 2.14. The van der Waals surface area contributed by atoms with Crippen LogP contribution in [0, 0.1) is 6.92 Å². The number of nitrogens with one attached hydrogen (secondary N) is 1. The molecule has 0 saturated heterocycles. The summed E-state index contributed by atoms with van der Waals surface area (Å²) in [5.41, 5.74) is 3.82. The summed E-state index contributed by atoms with van der Waals surface area (Å²) in [5, 5.41) is 2.93. The molecule has 0 unspecified atom stereocenters. The van der Waals surface area contributed by atoms with Crippen molar-refractivity contribution in [1.29, 1.82) is 0 Å². The van der Waals surface area contributed by atoms with E-state index < -0.39 is 0 Å². The minimum atomic E-state index is -0.0870. The standard InChI is InChI=1S/C18H20N2O3/c1-12-8-14(5-6-15(12)20(2)3)18(21)19-10-13-4-7-16-17(9-13)23-11-22-16/h4-9H,10-11H2,1-3H3,(H,19,21). The number of aryl methyl sites for hydroxylation is 1. The predicted molar refractivity (Wildman–Crippen MR) is 89.2 cm³/mol. The Morgan fingerprint density at radius 3 is 2.65 bits per heavy atom. The lowest BCUT2D eigenvalue weighted by Gasteiger charge is -2.16. The Labute approximate surface area is 135 Å². The van der Waals surface area contributed by atoms with E-state index in [1.165, 1.54) is 0 Å². The van der Waals surface area contributed by atoms with Gasteiger partial charge >= 0.3 is 0 Å². The third kappa shape index (κ3) is 3.23. The minimum Gasteiger partial charge on any atom is -0.454 e. The van der Waals surface area contributed by atoms with E-state index in [0.29, 0.717) is 12.1 Å². The highest BCUT2D eigenvalue weighted by molar-refractivity contribution is 5.94. The fourth-order valence-electron chi connectivity index (χ4n) is 2.63. The Balaban J connectivity index is 1.66. The van der Waals surface area contributed by atoms with Gasteiger partial charge in [0.15, 0.2) is 11.5 Å². The van der Waals surface area contributed by atoms with E-state index in [2.05, 4.69) is 5.32 Å². The van der Waals surface area contributed by atoms with Gasteiger partial charge in [-0.15, -0.1) is 0 Å². The molecule has 1 N–H and O–H groups in total. The van der Waals surface area contributed by atoms with E-state index in [1.54, 1.807) is 0 Å². The molecule has 0 bridgehead atoms. The molecule has 1 heterocycles. The SMILES string of the molecule is Cc1cc(C(=O)NCc2ccc3c(c2)OCO3)ccc1N(C)C. The van der Waals surface area contributed by atoms with Crippen LogP contribution in [0.5, 0.6) is 11.5 Å². The molecule has 0 atom stereocenters. The summed E-state index contributed by atoms with van der Waals surface area (Å²) in [5.74, 6) is 1.38. The molecule has 0 fully saturated rings. The fraction of sp³-hybridized carbons (Fsp3) is 0.278. The maximum Gasteiger partial charge on any atom is 0.251 e. The highest BCUT2D eigenvalue weighted by atomic mass is 16.7. The Hall–Kier alpha value is -2.69. The molecule has 120 valence electrons. The number of nitrogens with zero attached hydrogens (tertiary/aromatic N) is 1. The van der Waals surface area contributed by atoms with Crippen molar-refractivity contribution in [2.75, 3.05) is 25.8 Å². The van der Waals surface area contributed by atoms with Crippen molar-refractivity contribution >= 4 is 11.6 Å². The molecule has 0 saturated carbocycles. The number of anilines is 1. The molecule has 0 aromatic heterocycles. The molecular formula is C18H20N2O3. The second kappa shape index (κ2) is 6.20. The zero-order valence-corrected chi connectivity index (χ0v) is 13.6. The van der Waals surface area contributed by atoms with Crippen LogP contribution < -0.4 is 19.7 Å². The number of amides is 1. The van der Waals surface area contributed by atoms with Gasteiger partial charge in [0.2, 0.25) is 6.79 Å². The zero-order valence-electron chi connectivity index (χ0n) is 13.6. The van der Waals surface area contributed by atoms with Crippen LogP contribution >= 0.6 is 0 Å². The molecule has 1 aliphatic heterocycles. The topological polar surface area (TPSA) is 50.8 Å². The first-order valence-electron chi connectivity index (χ1n) is 7.49. The van der Waals surface area contributed by atoms with Crippen LogP contribution in [-0.4, -0.2) is 26.8 Å². The van der Waals surface area contributed by atoms with Gasteiger partial charge in [-0.2, -0.15) is 0 Å². The summed E-state index contributed by atoms with van der Waals surface area (Å²) in [7, 11) is 3.98. The molecule has 0 aliphatic carbocycles. The van der Waals surface area contributed by atoms with Crippen LogP contribution in [0.1, 0.15) is 21.5 Å². The van der Waals surface area contributed by atoms with Crippen LogP contribution in [0.15, 0.2) is 36.4 Å². The van der Waals surface area contributed by atoms with E-state index in [1.807, 2.05) is 62.3 Å². The molecule has 5 heteroatoms. The molecular weight excluding hydrogens is 292 g/mol. The first kappa shape index (κ1) is 15.2. The molecule has 1 amide bonds. The van der Waals surface area contributed by atoms with Crippen LogP contribution in [-0.2, 0) is 6.54 Å². The molecule has 3 rings (SSSR count).